The molecule has 18 heavy (non-hydrogen) atoms. The highest BCUT2D eigenvalue weighted by molar-refractivity contribution is 5.82. The van der Waals surface area contributed by atoms with Gasteiger partial charge in [-0.25, -0.2) is 4.68 Å². The van der Waals surface area contributed by atoms with Crippen molar-refractivity contribution in [2.75, 3.05) is 0 Å². The van der Waals surface area contributed by atoms with Crippen LogP contribution in [-0.2, 0) is 0 Å². The standard InChI is InChI=1S/C15H14N2O/c1-10-7-11(2)15-12(8-10)9-17(16-15)13-3-5-14(18)6-4-13/h3-9,18H,1-2H3. The van der Waals surface area contributed by atoms with E-state index in [2.05, 4.69) is 31.1 Å². The molecule has 0 bridgehead atoms. The highest BCUT2D eigenvalue weighted by Gasteiger charge is 2.05. The minimum absolute atomic E-state index is 0.266. The van der Waals surface area contributed by atoms with Crippen LogP contribution >= 0.6 is 0 Å². The fourth-order valence-electron chi connectivity index (χ4n) is 2.23. The smallest absolute Gasteiger partial charge is 0.115 e. The molecule has 0 aliphatic heterocycles. The van der Waals surface area contributed by atoms with E-state index in [1.165, 1.54) is 11.1 Å². The number of aryl methyl sites for hydroxylation is 2. The van der Waals surface area contributed by atoms with Crippen molar-refractivity contribution >= 4 is 10.9 Å². The summed E-state index contributed by atoms with van der Waals surface area (Å²) in [6.07, 6.45) is 2.02. The van der Waals surface area contributed by atoms with E-state index in [1.54, 1.807) is 12.1 Å². The SMILES string of the molecule is Cc1cc(C)c2nn(-c3ccc(O)cc3)cc2c1. The number of aromatic hydroxyl groups is 1. The number of nitrogens with zero attached hydrogens (tertiary/aromatic N) is 2. The third-order valence-electron chi connectivity index (χ3n) is 3.06. The Labute approximate surface area is 105 Å². The minimum atomic E-state index is 0.266. The topological polar surface area (TPSA) is 38.0 Å². The van der Waals surface area contributed by atoms with E-state index in [0.717, 1.165) is 16.6 Å². The number of hydrogen-bond donors (Lipinski definition) is 1. The number of hydrogen-bond acceptors (Lipinski definition) is 2. The molecule has 0 aliphatic rings. The predicted octanol–water partition coefficient (Wildman–Crippen LogP) is 3.35. The molecule has 3 rings (SSSR count). The van der Waals surface area contributed by atoms with Crippen molar-refractivity contribution in [3.8, 4) is 11.4 Å². The summed E-state index contributed by atoms with van der Waals surface area (Å²) < 4.78 is 1.84. The monoisotopic (exact) mass is 238 g/mol. The summed E-state index contributed by atoms with van der Waals surface area (Å²) in [5, 5.41) is 15.0. The van der Waals surface area contributed by atoms with Gasteiger partial charge in [0.25, 0.3) is 0 Å². The van der Waals surface area contributed by atoms with E-state index in [-0.39, 0.29) is 5.75 Å². The van der Waals surface area contributed by atoms with Crippen LogP contribution in [0.4, 0.5) is 0 Å². The molecule has 0 radical (unpaired) electrons. The summed E-state index contributed by atoms with van der Waals surface area (Å²) in [6, 6.07) is 11.3. The fraction of sp³-hybridized carbons (Fsp3) is 0.133. The van der Waals surface area contributed by atoms with Crippen molar-refractivity contribution in [1.82, 2.24) is 9.78 Å². The summed E-state index contributed by atoms with van der Waals surface area (Å²) in [5.74, 6) is 0.266. The van der Waals surface area contributed by atoms with Gasteiger partial charge in [-0.15, -0.1) is 0 Å². The van der Waals surface area contributed by atoms with Gasteiger partial charge in [0.15, 0.2) is 0 Å². The molecule has 0 amide bonds. The third kappa shape index (κ3) is 1.74. The van der Waals surface area contributed by atoms with E-state index < -0.39 is 0 Å². The highest BCUT2D eigenvalue weighted by Crippen LogP contribution is 2.21. The number of phenols is 1. The Morgan fingerprint density at radius 3 is 2.50 bits per heavy atom. The maximum absolute atomic E-state index is 9.29. The second-order valence-electron chi connectivity index (χ2n) is 4.61. The van der Waals surface area contributed by atoms with Crippen molar-refractivity contribution in [2.45, 2.75) is 13.8 Å². The molecular formula is C15H14N2O. The first kappa shape index (κ1) is 10.8. The third-order valence-corrected chi connectivity index (χ3v) is 3.06. The van der Waals surface area contributed by atoms with Gasteiger partial charge in [-0.2, -0.15) is 5.10 Å². The molecule has 0 atom stereocenters. The first-order valence-electron chi connectivity index (χ1n) is 5.89. The first-order valence-corrected chi connectivity index (χ1v) is 5.89. The van der Waals surface area contributed by atoms with Crippen molar-refractivity contribution in [2.24, 2.45) is 0 Å². The van der Waals surface area contributed by atoms with Gasteiger partial charge >= 0.3 is 0 Å². The van der Waals surface area contributed by atoms with Crippen LogP contribution in [0.1, 0.15) is 11.1 Å². The van der Waals surface area contributed by atoms with Crippen LogP contribution in [0, 0.1) is 13.8 Å². The van der Waals surface area contributed by atoms with Crippen LogP contribution in [0.15, 0.2) is 42.6 Å². The van der Waals surface area contributed by atoms with Crippen LogP contribution in [0.5, 0.6) is 5.75 Å². The molecule has 0 fully saturated rings. The Balaban J connectivity index is 2.19. The second kappa shape index (κ2) is 3.88. The molecule has 0 unspecified atom stereocenters. The Bertz CT molecular complexity index is 711. The summed E-state index contributed by atoms with van der Waals surface area (Å²) in [4.78, 5) is 0. The van der Waals surface area contributed by atoms with Crippen LogP contribution in [0.25, 0.3) is 16.6 Å². The lowest BCUT2D eigenvalue weighted by atomic mass is 10.1. The number of benzene rings is 2. The Kier molecular flexibility index (Phi) is 2.33. The van der Waals surface area contributed by atoms with Gasteiger partial charge in [0.1, 0.15) is 5.75 Å². The molecule has 1 heterocycles. The zero-order valence-corrected chi connectivity index (χ0v) is 10.4. The molecule has 1 N–H and O–H groups in total. The number of fused-ring (bicyclic) bond motifs is 1. The van der Waals surface area contributed by atoms with Crippen molar-refractivity contribution in [1.29, 1.82) is 0 Å². The number of phenolic OH excluding ortho intramolecular Hbond substituents is 1. The van der Waals surface area contributed by atoms with Gasteiger partial charge in [0.2, 0.25) is 0 Å². The molecule has 1 aromatic heterocycles. The van der Waals surface area contributed by atoms with Crippen LogP contribution in [-0.4, -0.2) is 14.9 Å². The largest absolute Gasteiger partial charge is 0.508 e. The van der Waals surface area contributed by atoms with Gasteiger partial charge in [-0.1, -0.05) is 11.6 Å². The normalized spacial score (nSPS) is 11.0. The molecular weight excluding hydrogens is 224 g/mol. The summed E-state index contributed by atoms with van der Waals surface area (Å²) in [5.41, 5.74) is 4.39. The molecule has 0 aliphatic carbocycles. The average Bonchev–Trinajstić information content (AvgIpc) is 2.74. The molecule has 0 spiro atoms. The van der Waals surface area contributed by atoms with Gasteiger partial charge in [-0.05, 0) is 49.7 Å². The lowest BCUT2D eigenvalue weighted by molar-refractivity contribution is 0.475. The predicted molar refractivity (Wildman–Crippen MR) is 72.2 cm³/mol. The van der Waals surface area contributed by atoms with Gasteiger partial charge in [-0.3, -0.25) is 0 Å². The molecule has 2 aromatic carbocycles. The number of aromatic nitrogens is 2. The van der Waals surface area contributed by atoms with Gasteiger partial charge < -0.3 is 5.11 Å². The Morgan fingerprint density at radius 1 is 1.06 bits per heavy atom. The maximum atomic E-state index is 9.29. The number of rotatable bonds is 1. The van der Waals surface area contributed by atoms with E-state index in [1.807, 2.05) is 23.0 Å². The van der Waals surface area contributed by atoms with E-state index in [9.17, 15) is 5.11 Å². The molecule has 3 heteroatoms. The van der Waals surface area contributed by atoms with Crippen LogP contribution in [0.3, 0.4) is 0 Å². The molecule has 0 saturated carbocycles. The van der Waals surface area contributed by atoms with E-state index >= 15 is 0 Å². The van der Waals surface area contributed by atoms with Crippen LogP contribution in [0.2, 0.25) is 0 Å². The zero-order valence-electron chi connectivity index (χ0n) is 10.4. The van der Waals surface area contributed by atoms with Crippen molar-refractivity contribution in [3.05, 3.63) is 53.7 Å². The summed E-state index contributed by atoms with van der Waals surface area (Å²) >= 11 is 0. The second-order valence-corrected chi connectivity index (χ2v) is 4.61. The molecule has 3 aromatic rings. The molecule has 0 saturated heterocycles. The van der Waals surface area contributed by atoms with E-state index in [0.29, 0.717) is 0 Å². The minimum Gasteiger partial charge on any atom is -0.508 e. The fourth-order valence-corrected chi connectivity index (χ4v) is 2.23. The average molecular weight is 238 g/mol. The lowest BCUT2D eigenvalue weighted by Crippen LogP contribution is -1.93. The highest BCUT2D eigenvalue weighted by atomic mass is 16.3. The van der Waals surface area contributed by atoms with Crippen molar-refractivity contribution in [3.63, 3.8) is 0 Å². The Hall–Kier alpha value is -2.29. The Morgan fingerprint density at radius 2 is 1.78 bits per heavy atom. The maximum Gasteiger partial charge on any atom is 0.115 e. The van der Waals surface area contributed by atoms with E-state index in [4.69, 9.17) is 0 Å². The quantitative estimate of drug-likeness (QED) is 0.706. The van der Waals surface area contributed by atoms with Crippen molar-refractivity contribution < 1.29 is 5.11 Å². The zero-order chi connectivity index (χ0) is 12.7. The van der Waals surface area contributed by atoms with Gasteiger partial charge in [0, 0.05) is 11.6 Å². The molecule has 90 valence electrons. The molecule has 3 nitrogen and oxygen atoms in total. The van der Waals surface area contributed by atoms with Gasteiger partial charge in [0.05, 0.1) is 11.2 Å². The summed E-state index contributed by atoms with van der Waals surface area (Å²) in [6.45, 7) is 4.16. The lowest BCUT2D eigenvalue weighted by Gasteiger charge is -2.00. The first-order chi connectivity index (χ1) is 8.63. The summed E-state index contributed by atoms with van der Waals surface area (Å²) in [7, 11) is 0. The van der Waals surface area contributed by atoms with Crippen LogP contribution < -0.4 is 0 Å².